The van der Waals surface area contributed by atoms with Crippen molar-refractivity contribution in [3.8, 4) is 11.8 Å². The lowest BCUT2D eigenvalue weighted by atomic mass is 10.0. The Labute approximate surface area is 122 Å². The van der Waals surface area contributed by atoms with Gasteiger partial charge in [-0.25, -0.2) is 4.79 Å². The zero-order valence-electron chi connectivity index (χ0n) is 11.9. The van der Waals surface area contributed by atoms with E-state index >= 15 is 0 Å². The van der Waals surface area contributed by atoms with Crippen molar-refractivity contribution in [3.63, 3.8) is 0 Å². The first-order valence-electron chi connectivity index (χ1n) is 6.45. The number of aryl methyl sites for hydroxylation is 1. The van der Waals surface area contributed by atoms with Crippen LogP contribution >= 0.6 is 0 Å². The lowest BCUT2D eigenvalue weighted by Crippen LogP contribution is -2.07. The molecular weight excluding hydrogens is 270 g/mol. The zero-order valence-corrected chi connectivity index (χ0v) is 11.9. The van der Waals surface area contributed by atoms with E-state index in [0.717, 1.165) is 6.54 Å². The van der Waals surface area contributed by atoms with Crippen LogP contribution in [0.4, 0.5) is 0 Å². The highest BCUT2D eigenvalue weighted by Crippen LogP contribution is 2.18. The molecule has 0 N–H and O–H groups in total. The van der Waals surface area contributed by atoms with Gasteiger partial charge < -0.3 is 9.47 Å². The quantitative estimate of drug-likeness (QED) is 0.786. The van der Waals surface area contributed by atoms with Gasteiger partial charge in [0.25, 0.3) is 0 Å². The summed E-state index contributed by atoms with van der Waals surface area (Å²) >= 11 is 0. The molecule has 0 saturated heterocycles. The third-order valence-corrected chi connectivity index (χ3v) is 3.00. The Kier molecular flexibility index (Phi) is 4.57. The third-order valence-electron chi connectivity index (χ3n) is 3.00. The highest BCUT2D eigenvalue weighted by atomic mass is 16.5. The van der Waals surface area contributed by atoms with E-state index in [1.165, 1.54) is 7.11 Å². The largest absolute Gasteiger partial charge is 0.486 e. The molecule has 0 unspecified atom stereocenters. The molecule has 108 valence electrons. The van der Waals surface area contributed by atoms with Crippen LogP contribution < -0.4 is 4.74 Å². The average molecular weight is 285 g/mol. The number of aromatic nitrogens is 2. The highest BCUT2D eigenvalue weighted by Gasteiger charge is 2.15. The van der Waals surface area contributed by atoms with Crippen molar-refractivity contribution < 1.29 is 14.3 Å². The summed E-state index contributed by atoms with van der Waals surface area (Å²) in [6, 6.07) is 7.03. The van der Waals surface area contributed by atoms with Crippen LogP contribution in [0.25, 0.3) is 0 Å². The Balaban J connectivity index is 2.20. The van der Waals surface area contributed by atoms with Gasteiger partial charge >= 0.3 is 5.97 Å². The predicted molar refractivity (Wildman–Crippen MR) is 74.7 cm³/mol. The molecule has 0 saturated carbocycles. The molecule has 0 spiro atoms. The van der Waals surface area contributed by atoms with Crippen molar-refractivity contribution in [2.24, 2.45) is 0 Å². The summed E-state index contributed by atoms with van der Waals surface area (Å²) in [5, 5.41) is 13.4. The van der Waals surface area contributed by atoms with Gasteiger partial charge in [0.2, 0.25) is 0 Å². The van der Waals surface area contributed by atoms with E-state index in [1.54, 1.807) is 35.3 Å². The van der Waals surface area contributed by atoms with Gasteiger partial charge in [0, 0.05) is 12.1 Å². The molecule has 1 heterocycles. The van der Waals surface area contributed by atoms with Crippen molar-refractivity contribution in [2.45, 2.75) is 20.1 Å². The van der Waals surface area contributed by atoms with Crippen LogP contribution in [-0.4, -0.2) is 22.9 Å². The molecule has 6 heteroatoms. The van der Waals surface area contributed by atoms with Gasteiger partial charge in [0.05, 0.1) is 30.6 Å². The molecule has 0 fully saturated rings. The number of hydrogen-bond donors (Lipinski definition) is 0. The van der Waals surface area contributed by atoms with Crippen LogP contribution in [-0.2, 0) is 17.9 Å². The fraction of sp³-hybridized carbons (Fsp3) is 0.267. The van der Waals surface area contributed by atoms with E-state index in [4.69, 9.17) is 4.74 Å². The normalized spacial score (nSPS) is 9.95. The lowest BCUT2D eigenvalue weighted by Gasteiger charge is -2.08. The van der Waals surface area contributed by atoms with Gasteiger partial charge in [-0.1, -0.05) is 12.1 Å². The summed E-state index contributed by atoms with van der Waals surface area (Å²) in [5.74, 6) is 0.0800. The first-order valence-corrected chi connectivity index (χ1v) is 6.45. The Hall–Kier alpha value is -2.81. The van der Waals surface area contributed by atoms with Crippen molar-refractivity contribution in [1.82, 2.24) is 9.78 Å². The number of benzene rings is 1. The minimum absolute atomic E-state index is 0.184. The van der Waals surface area contributed by atoms with Crippen LogP contribution in [0.15, 0.2) is 30.6 Å². The number of carbonyl (C=O) groups is 1. The number of carbonyl (C=O) groups excluding carboxylic acids is 1. The second kappa shape index (κ2) is 6.57. The first kappa shape index (κ1) is 14.6. The van der Waals surface area contributed by atoms with E-state index in [-0.39, 0.29) is 17.7 Å². The molecule has 0 amide bonds. The average Bonchev–Trinajstić information content (AvgIpc) is 2.99. The SMILES string of the molecule is CCn1cc(OCc2cccc(C(=O)OC)c2C#N)cn1. The number of hydrogen-bond acceptors (Lipinski definition) is 5. The van der Waals surface area contributed by atoms with Gasteiger partial charge in [-0.15, -0.1) is 0 Å². The van der Waals surface area contributed by atoms with Gasteiger partial charge in [-0.2, -0.15) is 10.4 Å². The molecule has 21 heavy (non-hydrogen) atoms. The second-order valence-electron chi connectivity index (χ2n) is 4.26. The maximum Gasteiger partial charge on any atom is 0.339 e. The van der Waals surface area contributed by atoms with Crippen molar-refractivity contribution in [1.29, 1.82) is 5.26 Å². The lowest BCUT2D eigenvalue weighted by molar-refractivity contribution is 0.0600. The topological polar surface area (TPSA) is 77.1 Å². The molecule has 0 aliphatic rings. The molecule has 0 aliphatic carbocycles. The first-order chi connectivity index (χ1) is 10.2. The molecule has 0 radical (unpaired) electrons. The summed E-state index contributed by atoms with van der Waals surface area (Å²) in [6.45, 7) is 2.91. The molecule has 1 aromatic heterocycles. The standard InChI is InChI=1S/C15H15N3O3/c1-3-18-9-12(8-17-18)21-10-11-5-4-6-13(14(11)7-16)15(19)20-2/h4-6,8-9H,3,10H2,1-2H3. The number of esters is 1. The van der Waals surface area contributed by atoms with E-state index in [1.807, 2.05) is 13.0 Å². The third kappa shape index (κ3) is 3.20. The molecule has 1 aromatic carbocycles. The maximum absolute atomic E-state index is 11.6. The van der Waals surface area contributed by atoms with Gasteiger partial charge in [-0.05, 0) is 13.0 Å². The van der Waals surface area contributed by atoms with Gasteiger partial charge in [-0.3, -0.25) is 4.68 Å². The molecule has 0 atom stereocenters. The predicted octanol–water partition coefficient (Wildman–Crippen LogP) is 2.14. The van der Waals surface area contributed by atoms with Crippen molar-refractivity contribution in [2.75, 3.05) is 7.11 Å². The summed E-state index contributed by atoms with van der Waals surface area (Å²) in [7, 11) is 1.28. The second-order valence-corrected chi connectivity index (χ2v) is 4.26. The van der Waals surface area contributed by atoms with Gasteiger partial charge in [0.15, 0.2) is 5.75 Å². The molecule has 0 aliphatic heterocycles. The summed E-state index contributed by atoms with van der Waals surface area (Å²) < 4.78 is 12.0. The fourth-order valence-electron chi connectivity index (χ4n) is 1.89. The minimum Gasteiger partial charge on any atom is -0.486 e. The van der Waals surface area contributed by atoms with Crippen LogP contribution in [0.2, 0.25) is 0 Å². The number of nitrogens with zero attached hydrogens (tertiary/aromatic N) is 3. The Morgan fingerprint density at radius 1 is 1.48 bits per heavy atom. The molecule has 2 rings (SSSR count). The van der Waals surface area contributed by atoms with Gasteiger partial charge in [0.1, 0.15) is 12.7 Å². The number of nitriles is 1. The Bertz CT molecular complexity index is 686. The number of rotatable bonds is 5. The van der Waals surface area contributed by atoms with Crippen molar-refractivity contribution >= 4 is 5.97 Å². The molecular formula is C15H15N3O3. The number of methoxy groups -OCH3 is 1. The monoisotopic (exact) mass is 285 g/mol. The zero-order chi connectivity index (χ0) is 15.2. The Morgan fingerprint density at radius 2 is 2.29 bits per heavy atom. The molecule has 2 aromatic rings. The minimum atomic E-state index is -0.535. The van der Waals surface area contributed by atoms with E-state index < -0.39 is 5.97 Å². The molecule has 6 nitrogen and oxygen atoms in total. The van der Waals surface area contributed by atoms with E-state index in [9.17, 15) is 10.1 Å². The fourth-order valence-corrected chi connectivity index (χ4v) is 1.89. The maximum atomic E-state index is 11.6. The number of ether oxygens (including phenoxy) is 2. The van der Waals surface area contributed by atoms with Crippen LogP contribution in [0, 0.1) is 11.3 Å². The van der Waals surface area contributed by atoms with Crippen LogP contribution in [0.5, 0.6) is 5.75 Å². The van der Waals surface area contributed by atoms with E-state index in [2.05, 4.69) is 9.84 Å². The molecule has 0 bridgehead atoms. The Morgan fingerprint density at radius 3 is 2.90 bits per heavy atom. The van der Waals surface area contributed by atoms with Crippen LogP contribution in [0.1, 0.15) is 28.4 Å². The van der Waals surface area contributed by atoms with Crippen LogP contribution in [0.3, 0.4) is 0 Å². The summed E-state index contributed by atoms with van der Waals surface area (Å²) in [6.07, 6.45) is 3.38. The highest BCUT2D eigenvalue weighted by molar-refractivity contribution is 5.92. The van der Waals surface area contributed by atoms with Crippen molar-refractivity contribution in [3.05, 3.63) is 47.3 Å². The smallest absolute Gasteiger partial charge is 0.339 e. The van der Waals surface area contributed by atoms with E-state index in [0.29, 0.717) is 11.3 Å². The summed E-state index contributed by atoms with van der Waals surface area (Å²) in [4.78, 5) is 11.6. The summed E-state index contributed by atoms with van der Waals surface area (Å²) in [5.41, 5.74) is 1.14.